The van der Waals surface area contributed by atoms with E-state index in [4.69, 9.17) is 0 Å². The van der Waals surface area contributed by atoms with Crippen molar-refractivity contribution in [2.45, 2.75) is 25.3 Å². The summed E-state index contributed by atoms with van der Waals surface area (Å²) in [5.41, 5.74) is -0.437. The molecule has 0 radical (unpaired) electrons. The van der Waals surface area contributed by atoms with Crippen molar-refractivity contribution in [3.05, 3.63) is 48.0 Å². The molecular weight excluding hydrogens is 330 g/mol. The Morgan fingerprint density at radius 1 is 1.08 bits per heavy atom. The van der Waals surface area contributed by atoms with Crippen molar-refractivity contribution in [3.8, 4) is 0 Å². The summed E-state index contributed by atoms with van der Waals surface area (Å²) in [4.78, 5) is 40.8. The molecule has 2 aromatic carbocycles. The van der Waals surface area contributed by atoms with E-state index in [2.05, 4.69) is 5.32 Å². The zero-order valence-corrected chi connectivity index (χ0v) is 14.7. The number of amides is 4. The second-order valence-electron chi connectivity index (χ2n) is 7.06. The summed E-state index contributed by atoms with van der Waals surface area (Å²) in [6.07, 6.45) is 1.94. The largest absolute Gasteiger partial charge is 0.341 e. The first kappa shape index (κ1) is 16.6. The molecule has 2 heterocycles. The van der Waals surface area contributed by atoms with E-state index in [1.807, 2.05) is 42.5 Å². The molecule has 6 nitrogen and oxygen atoms in total. The molecule has 4 amide bonds. The number of imide groups is 1. The number of benzene rings is 2. The van der Waals surface area contributed by atoms with Crippen molar-refractivity contribution in [1.29, 1.82) is 0 Å². The third kappa shape index (κ3) is 2.53. The van der Waals surface area contributed by atoms with Gasteiger partial charge in [-0.2, -0.15) is 0 Å². The normalized spacial score (nSPS) is 23.0. The Morgan fingerprint density at radius 2 is 1.77 bits per heavy atom. The van der Waals surface area contributed by atoms with E-state index >= 15 is 0 Å². The molecule has 0 aliphatic carbocycles. The van der Waals surface area contributed by atoms with Crippen molar-refractivity contribution in [2.75, 3.05) is 19.6 Å². The lowest BCUT2D eigenvalue weighted by molar-refractivity contribution is -0.138. The average molecular weight is 351 g/mol. The minimum absolute atomic E-state index is 0.173. The van der Waals surface area contributed by atoms with Crippen LogP contribution in [0.3, 0.4) is 0 Å². The van der Waals surface area contributed by atoms with Crippen LogP contribution < -0.4 is 5.32 Å². The van der Waals surface area contributed by atoms with Gasteiger partial charge in [0.05, 0.1) is 0 Å². The predicted octanol–water partition coefficient (Wildman–Crippen LogP) is 2.23. The molecule has 1 atom stereocenters. The number of nitrogens with zero attached hydrogens (tertiary/aromatic N) is 2. The van der Waals surface area contributed by atoms with Crippen LogP contribution in [0.5, 0.6) is 0 Å². The molecule has 0 saturated carbocycles. The minimum Gasteiger partial charge on any atom is -0.341 e. The first-order chi connectivity index (χ1) is 12.5. The topological polar surface area (TPSA) is 69.7 Å². The average Bonchev–Trinajstić information content (AvgIpc) is 3.25. The smallest absolute Gasteiger partial charge is 0.325 e. The first-order valence-corrected chi connectivity index (χ1v) is 8.91. The van der Waals surface area contributed by atoms with Crippen LogP contribution in [0.25, 0.3) is 10.8 Å². The third-order valence-electron chi connectivity index (χ3n) is 5.36. The number of carbonyl (C=O) groups excluding carboxylic acids is 3. The molecular formula is C20H21N3O3. The summed E-state index contributed by atoms with van der Waals surface area (Å²) < 4.78 is 0. The molecule has 0 unspecified atom stereocenters. The van der Waals surface area contributed by atoms with Gasteiger partial charge in [-0.25, -0.2) is 4.79 Å². The van der Waals surface area contributed by atoms with Gasteiger partial charge in [-0.1, -0.05) is 42.5 Å². The minimum atomic E-state index is -1.18. The van der Waals surface area contributed by atoms with Crippen LogP contribution in [-0.4, -0.2) is 47.3 Å². The van der Waals surface area contributed by atoms with Gasteiger partial charge in [0.15, 0.2) is 0 Å². The molecule has 2 aromatic rings. The molecule has 0 spiro atoms. The van der Waals surface area contributed by atoms with Crippen LogP contribution in [-0.2, 0) is 15.1 Å². The summed E-state index contributed by atoms with van der Waals surface area (Å²) in [7, 11) is 0. The van der Waals surface area contributed by atoms with Crippen molar-refractivity contribution in [1.82, 2.24) is 15.1 Å². The number of likely N-dealkylation sites (tertiary alicyclic amines) is 1. The fourth-order valence-electron chi connectivity index (χ4n) is 3.89. The van der Waals surface area contributed by atoms with E-state index in [1.54, 1.807) is 11.8 Å². The number of hydrogen-bond donors (Lipinski definition) is 1. The molecule has 0 aromatic heterocycles. The molecule has 2 aliphatic heterocycles. The molecule has 26 heavy (non-hydrogen) atoms. The standard InChI is InChI=1S/C20H21N3O3/c1-20(16-10-6-8-14-7-2-3-9-15(14)16)18(25)23(19(26)21-20)13-17(24)22-11-4-5-12-22/h2-3,6-10H,4-5,11-13H2,1H3,(H,21,26)/t20-/m1/s1. The maximum absolute atomic E-state index is 13.1. The molecule has 2 fully saturated rings. The Labute approximate surface area is 151 Å². The zero-order valence-electron chi connectivity index (χ0n) is 14.7. The second-order valence-corrected chi connectivity index (χ2v) is 7.06. The molecule has 6 heteroatoms. The van der Waals surface area contributed by atoms with E-state index in [1.165, 1.54) is 0 Å². The van der Waals surface area contributed by atoms with Gasteiger partial charge in [-0.15, -0.1) is 0 Å². The number of urea groups is 1. The van der Waals surface area contributed by atoms with Crippen molar-refractivity contribution >= 4 is 28.6 Å². The first-order valence-electron chi connectivity index (χ1n) is 8.91. The lowest BCUT2D eigenvalue weighted by Crippen LogP contribution is -2.44. The highest BCUT2D eigenvalue weighted by Crippen LogP contribution is 2.33. The molecule has 0 bridgehead atoms. The Morgan fingerprint density at radius 3 is 2.54 bits per heavy atom. The van der Waals surface area contributed by atoms with E-state index in [-0.39, 0.29) is 18.4 Å². The quantitative estimate of drug-likeness (QED) is 0.862. The summed E-state index contributed by atoms with van der Waals surface area (Å²) in [6, 6.07) is 12.9. The van der Waals surface area contributed by atoms with Gasteiger partial charge >= 0.3 is 6.03 Å². The highest BCUT2D eigenvalue weighted by Gasteiger charge is 2.50. The van der Waals surface area contributed by atoms with Crippen LogP contribution >= 0.6 is 0 Å². The Kier molecular flexibility index (Phi) is 3.90. The molecule has 134 valence electrons. The molecule has 2 saturated heterocycles. The van der Waals surface area contributed by atoms with Crippen LogP contribution in [0.15, 0.2) is 42.5 Å². The number of nitrogens with one attached hydrogen (secondary N) is 1. The Hall–Kier alpha value is -2.89. The Balaban J connectivity index is 1.66. The lowest BCUT2D eigenvalue weighted by Gasteiger charge is -2.24. The summed E-state index contributed by atoms with van der Waals surface area (Å²) >= 11 is 0. The number of hydrogen-bond acceptors (Lipinski definition) is 3. The molecule has 2 aliphatic rings. The van der Waals surface area contributed by atoms with Crippen molar-refractivity contribution in [2.24, 2.45) is 0 Å². The maximum Gasteiger partial charge on any atom is 0.325 e. The summed E-state index contributed by atoms with van der Waals surface area (Å²) in [6.45, 7) is 2.90. The summed E-state index contributed by atoms with van der Waals surface area (Å²) in [5.74, 6) is -0.556. The molecule has 1 N–H and O–H groups in total. The van der Waals surface area contributed by atoms with Gasteiger partial charge in [0.2, 0.25) is 5.91 Å². The van der Waals surface area contributed by atoms with Gasteiger partial charge in [-0.05, 0) is 36.1 Å². The monoisotopic (exact) mass is 351 g/mol. The highest BCUT2D eigenvalue weighted by molar-refractivity contribution is 6.10. The van der Waals surface area contributed by atoms with E-state index in [0.29, 0.717) is 13.1 Å². The third-order valence-corrected chi connectivity index (χ3v) is 5.36. The van der Waals surface area contributed by atoms with Crippen LogP contribution in [0.1, 0.15) is 25.3 Å². The van der Waals surface area contributed by atoms with Gasteiger partial charge in [0, 0.05) is 13.1 Å². The van der Waals surface area contributed by atoms with E-state index in [9.17, 15) is 14.4 Å². The van der Waals surface area contributed by atoms with E-state index < -0.39 is 11.6 Å². The van der Waals surface area contributed by atoms with Gasteiger partial charge in [0.1, 0.15) is 12.1 Å². The van der Waals surface area contributed by atoms with Crippen LogP contribution in [0.2, 0.25) is 0 Å². The summed E-state index contributed by atoms with van der Waals surface area (Å²) in [5, 5.41) is 4.72. The van der Waals surface area contributed by atoms with Gasteiger partial charge in [-0.3, -0.25) is 14.5 Å². The number of carbonyl (C=O) groups is 3. The van der Waals surface area contributed by atoms with Crippen LogP contribution in [0.4, 0.5) is 4.79 Å². The van der Waals surface area contributed by atoms with Gasteiger partial charge in [0.25, 0.3) is 5.91 Å². The zero-order chi connectivity index (χ0) is 18.3. The highest BCUT2D eigenvalue weighted by atomic mass is 16.2. The van der Waals surface area contributed by atoms with E-state index in [0.717, 1.165) is 34.1 Å². The maximum atomic E-state index is 13.1. The predicted molar refractivity (Wildman–Crippen MR) is 97.4 cm³/mol. The fourth-order valence-corrected chi connectivity index (χ4v) is 3.89. The SMILES string of the molecule is C[C@]1(c2cccc3ccccc23)NC(=O)N(CC(=O)N2CCCC2)C1=O. The van der Waals surface area contributed by atoms with Gasteiger partial charge < -0.3 is 10.2 Å². The van der Waals surface area contributed by atoms with Crippen molar-refractivity contribution < 1.29 is 14.4 Å². The van der Waals surface area contributed by atoms with Crippen molar-refractivity contribution in [3.63, 3.8) is 0 Å². The number of rotatable bonds is 3. The molecule has 4 rings (SSSR count). The second kappa shape index (κ2) is 6.12. The Bertz CT molecular complexity index is 899. The lowest BCUT2D eigenvalue weighted by atomic mass is 9.88. The number of fused-ring (bicyclic) bond motifs is 1. The fraction of sp³-hybridized carbons (Fsp3) is 0.350. The van der Waals surface area contributed by atoms with Crippen LogP contribution in [0, 0.1) is 0 Å².